The van der Waals surface area contributed by atoms with Gasteiger partial charge in [-0.25, -0.2) is 14.6 Å². The van der Waals surface area contributed by atoms with E-state index in [1.165, 1.54) is 12.1 Å². The summed E-state index contributed by atoms with van der Waals surface area (Å²) < 4.78 is 15.4. The highest BCUT2D eigenvalue weighted by Gasteiger charge is 2.11. The highest BCUT2D eigenvalue weighted by Crippen LogP contribution is 2.22. The zero-order valence-electron chi connectivity index (χ0n) is 14.7. The molecule has 0 atom stereocenters. The minimum absolute atomic E-state index is 0.181. The van der Waals surface area contributed by atoms with Gasteiger partial charge in [-0.15, -0.1) is 0 Å². The van der Waals surface area contributed by atoms with E-state index in [4.69, 9.17) is 14.2 Å². The summed E-state index contributed by atoms with van der Waals surface area (Å²) >= 11 is 0. The van der Waals surface area contributed by atoms with Crippen LogP contribution in [-0.2, 0) is 16.1 Å². The molecule has 0 saturated heterocycles. The highest BCUT2D eigenvalue weighted by atomic mass is 16.6. The van der Waals surface area contributed by atoms with Crippen molar-refractivity contribution in [1.82, 2.24) is 4.98 Å². The first-order chi connectivity index (χ1) is 12.6. The molecule has 2 amide bonds. The van der Waals surface area contributed by atoms with Crippen LogP contribution >= 0.6 is 0 Å². The number of rotatable bonds is 7. The number of amides is 2. The topological polar surface area (TPSA) is 98.8 Å². The van der Waals surface area contributed by atoms with E-state index in [0.717, 1.165) is 5.56 Å². The molecular formula is C18H21N3O5. The molecule has 1 aromatic carbocycles. The standard InChI is InChI=1S/C18H21N3O5/c1-3-24-17(22)20-15-10-14(26-12-13-8-6-5-7-9-13)11-16(19-15)21-18(23)25-4-2/h5-11H,3-4,12H2,1-2H3,(H2,19,20,21,22,23). The summed E-state index contributed by atoms with van der Waals surface area (Å²) in [5.74, 6) is 0.782. The van der Waals surface area contributed by atoms with E-state index in [1.54, 1.807) is 13.8 Å². The van der Waals surface area contributed by atoms with E-state index in [1.807, 2.05) is 30.3 Å². The van der Waals surface area contributed by atoms with Crippen LogP contribution in [-0.4, -0.2) is 30.4 Å². The van der Waals surface area contributed by atoms with Gasteiger partial charge in [-0.2, -0.15) is 0 Å². The van der Waals surface area contributed by atoms with Crippen LogP contribution in [0.2, 0.25) is 0 Å². The molecule has 0 saturated carbocycles. The summed E-state index contributed by atoms with van der Waals surface area (Å²) in [6.45, 7) is 4.16. The fraction of sp³-hybridized carbons (Fsp3) is 0.278. The third-order valence-corrected chi connectivity index (χ3v) is 3.06. The molecule has 26 heavy (non-hydrogen) atoms. The minimum Gasteiger partial charge on any atom is -0.489 e. The first kappa shape index (κ1) is 19.0. The Morgan fingerprint density at radius 1 is 0.923 bits per heavy atom. The van der Waals surface area contributed by atoms with Gasteiger partial charge >= 0.3 is 12.2 Å². The summed E-state index contributed by atoms with van der Waals surface area (Å²) in [6, 6.07) is 12.7. The van der Waals surface area contributed by atoms with Crippen molar-refractivity contribution in [2.24, 2.45) is 0 Å². The predicted molar refractivity (Wildman–Crippen MR) is 96.3 cm³/mol. The van der Waals surface area contributed by atoms with Gasteiger partial charge in [0.05, 0.1) is 13.2 Å². The molecule has 0 bridgehead atoms. The number of carbonyl (C=O) groups is 2. The number of nitrogens with one attached hydrogen (secondary N) is 2. The van der Waals surface area contributed by atoms with Crippen molar-refractivity contribution in [3.63, 3.8) is 0 Å². The number of carbonyl (C=O) groups excluding carboxylic acids is 2. The third kappa shape index (κ3) is 6.31. The third-order valence-electron chi connectivity index (χ3n) is 3.06. The Morgan fingerprint density at radius 2 is 1.46 bits per heavy atom. The zero-order chi connectivity index (χ0) is 18.8. The fourth-order valence-electron chi connectivity index (χ4n) is 2.00. The molecule has 138 valence electrons. The average Bonchev–Trinajstić information content (AvgIpc) is 2.61. The van der Waals surface area contributed by atoms with Crippen molar-refractivity contribution in [3.8, 4) is 5.75 Å². The van der Waals surface area contributed by atoms with Crippen LogP contribution in [0.1, 0.15) is 19.4 Å². The molecule has 0 spiro atoms. The maximum absolute atomic E-state index is 11.6. The molecule has 0 aliphatic rings. The van der Waals surface area contributed by atoms with Crippen molar-refractivity contribution in [2.45, 2.75) is 20.5 Å². The molecule has 0 unspecified atom stereocenters. The Balaban J connectivity index is 2.15. The number of benzene rings is 1. The fourth-order valence-corrected chi connectivity index (χ4v) is 2.00. The molecular weight excluding hydrogens is 338 g/mol. The zero-order valence-corrected chi connectivity index (χ0v) is 14.7. The predicted octanol–water partition coefficient (Wildman–Crippen LogP) is 3.80. The van der Waals surface area contributed by atoms with Crippen LogP contribution in [0.5, 0.6) is 5.75 Å². The Bertz CT molecular complexity index is 699. The highest BCUT2D eigenvalue weighted by molar-refractivity contribution is 5.86. The molecule has 8 heteroatoms. The first-order valence-electron chi connectivity index (χ1n) is 8.17. The van der Waals surface area contributed by atoms with Crippen LogP contribution < -0.4 is 15.4 Å². The van der Waals surface area contributed by atoms with Crippen LogP contribution in [0.15, 0.2) is 42.5 Å². The van der Waals surface area contributed by atoms with Crippen molar-refractivity contribution in [2.75, 3.05) is 23.8 Å². The second kappa shape index (κ2) is 9.87. The number of hydrogen-bond acceptors (Lipinski definition) is 6. The number of anilines is 2. The number of hydrogen-bond donors (Lipinski definition) is 2. The van der Waals surface area contributed by atoms with Gasteiger partial charge in [0.25, 0.3) is 0 Å². The molecule has 2 aromatic rings. The molecule has 1 heterocycles. The quantitative estimate of drug-likeness (QED) is 0.780. The molecule has 0 fully saturated rings. The van der Waals surface area contributed by atoms with Crippen LogP contribution in [0.3, 0.4) is 0 Å². The van der Waals surface area contributed by atoms with Crippen LogP contribution in [0.25, 0.3) is 0 Å². The van der Waals surface area contributed by atoms with E-state index in [0.29, 0.717) is 12.4 Å². The van der Waals surface area contributed by atoms with Gasteiger partial charge < -0.3 is 14.2 Å². The maximum Gasteiger partial charge on any atom is 0.412 e. The smallest absolute Gasteiger partial charge is 0.412 e. The van der Waals surface area contributed by atoms with Crippen molar-refractivity contribution in [1.29, 1.82) is 0 Å². The Labute approximate surface area is 151 Å². The second-order valence-electron chi connectivity index (χ2n) is 5.04. The molecule has 2 rings (SSSR count). The Morgan fingerprint density at radius 3 is 1.96 bits per heavy atom. The summed E-state index contributed by atoms with van der Waals surface area (Å²) in [7, 11) is 0. The first-order valence-corrected chi connectivity index (χ1v) is 8.17. The van der Waals surface area contributed by atoms with E-state index in [2.05, 4.69) is 15.6 Å². The lowest BCUT2D eigenvalue weighted by atomic mass is 10.2. The van der Waals surface area contributed by atoms with E-state index in [-0.39, 0.29) is 24.8 Å². The Hall–Kier alpha value is -3.29. The second-order valence-corrected chi connectivity index (χ2v) is 5.04. The van der Waals surface area contributed by atoms with Gasteiger partial charge in [0, 0.05) is 12.1 Å². The lowest BCUT2D eigenvalue weighted by Gasteiger charge is -2.12. The molecule has 0 aliphatic heterocycles. The summed E-state index contributed by atoms with van der Waals surface area (Å²) in [5, 5.41) is 4.97. The summed E-state index contributed by atoms with van der Waals surface area (Å²) in [6.07, 6.45) is -1.30. The monoisotopic (exact) mass is 359 g/mol. The van der Waals surface area contributed by atoms with E-state index in [9.17, 15) is 9.59 Å². The van der Waals surface area contributed by atoms with E-state index < -0.39 is 12.2 Å². The minimum atomic E-state index is -0.651. The Kier molecular flexibility index (Phi) is 7.23. The number of ether oxygens (including phenoxy) is 3. The van der Waals surface area contributed by atoms with Gasteiger partial charge in [-0.05, 0) is 19.4 Å². The van der Waals surface area contributed by atoms with Gasteiger partial charge in [-0.3, -0.25) is 10.6 Å². The van der Waals surface area contributed by atoms with Crippen LogP contribution in [0.4, 0.5) is 21.2 Å². The molecule has 0 aliphatic carbocycles. The van der Waals surface area contributed by atoms with Gasteiger partial charge in [0.15, 0.2) is 0 Å². The van der Waals surface area contributed by atoms with Crippen molar-refractivity contribution < 1.29 is 23.8 Å². The van der Waals surface area contributed by atoms with Gasteiger partial charge in [0.2, 0.25) is 0 Å². The molecule has 2 N–H and O–H groups in total. The molecule has 8 nitrogen and oxygen atoms in total. The van der Waals surface area contributed by atoms with Crippen molar-refractivity contribution >= 4 is 23.8 Å². The van der Waals surface area contributed by atoms with Gasteiger partial charge in [0.1, 0.15) is 24.0 Å². The largest absolute Gasteiger partial charge is 0.489 e. The summed E-state index contributed by atoms with van der Waals surface area (Å²) in [5.41, 5.74) is 0.976. The van der Waals surface area contributed by atoms with E-state index >= 15 is 0 Å². The molecule has 0 radical (unpaired) electrons. The maximum atomic E-state index is 11.6. The normalized spacial score (nSPS) is 9.92. The number of nitrogens with zero attached hydrogens (tertiary/aromatic N) is 1. The SMILES string of the molecule is CCOC(=O)Nc1cc(OCc2ccccc2)cc(NC(=O)OCC)n1. The number of aromatic nitrogens is 1. The lowest BCUT2D eigenvalue weighted by molar-refractivity contribution is 0.167. The number of pyridine rings is 1. The molecule has 1 aromatic heterocycles. The summed E-state index contributed by atoms with van der Waals surface area (Å²) in [4.78, 5) is 27.4. The van der Waals surface area contributed by atoms with Gasteiger partial charge in [-0.1, -0.05) is 30.3 Å². The average molecular weight is 359 g/mol. The van der Waals surface area contributed by atoms with Crippen molar-refractivity contribution in [3.05, 3.63) is 48.0 Å². The van der Waals surface area contributed by atoms with Crippen LogP contribution in [0, 0.1) is 0 Å². The lowest BCUT2D eigenvalue weighted by Crippen LogP contribution is -2.17.